The van der Waals surface area contributed by atoms with Crippen molar-refractivity contribution in [2.75, 3.05) is 6.61 Å². The number of carbonyl (C=O) groups is 1. The summed E-state index contributed by atoms with van der Waals surface area (Å²) in [4.78, 5) is 15.6. The highest BCUT2D eigenvalue weighted by molar-refractivity contribution is 5.95. The second-order valence-corrected chi connectivity index (χ2v) is 5.71. The molecule has 2 aromatic carbocycles. The van der Waals surface area contributed by atoms with Gasteiger partial charge in [0.1, 0.15) is 6.61 Å². The van der Waals surface area contributed by atoms with Crippen molar-refractivity contribution in [2.24, 2.45) is 0 Å². The summed E-state index contributed by atoms with van der Waals surface area (Å²) in [5.74, 6) is -0.306. The molecule has 4 heteroatoms. The molecule has 0 saturated carbocycles. The van der Waals surface area contributed by atoms with Crippen LogP contribution in [0.25, 0.3) is 10.9 Å². The lowest BCUT2D eigenvalue weighted by Gasteiger charge is -2.11. The molecule has 1 aliphatic rings. The number of hydrogen-bond acceptors (Lipinski definition) is 3. The Morgan fingerprint density at radius 2 is 2.04 bits per heavy atom. The van der Waals surface area contributed by atoms with E-state index < -0.39 is 0 Å². The molecule has 0 aliphatic carbocycles. The van der Waals surface area contributed by atoms with Crippen molar-refractivity contribution in [3.63, 3.8) is 0 Å². The van der Waals surface area contributed by atoms with Gasteiger partial charge in [0.2, 0.25) is 0 Å². The summed E-state index contributed by atoms with van der Waals surface area (Å²) in [6, 6.07) is 15.4. The minimum Gasteiger partial charge on any atom is -0.457 e. The van der Waals surface area contributed by atoms with E-state index in [0.29, 0.717) is 12.2 Å². The molecule has 0 spiro atoms. The van der Waals surface area contributed by atoms with Crippen molar-refractivity contribution in [3.8, 4) is 0 Å². The zero-order chi connectivity index (χ0) is 15.6. The number of fused-ring (bicyclic) bond motifs is 3. The molecular formula is C19H17NO3. The van der Waals surface area contributed by atoms with Crippen LogP contribution in [0.4, 0.5) is 0 Å². The molecule has 0 radical (unpaired) electrons. The normalized spacial score (nSPS) is 13.7. The van der Waals surface area contributed by atoms with Crippen LogP contribution in [0.15, 0.2) is 48.5 Å². The van der Waals surface area contributed by atoms with E-state index in [1.54, 1.807) is 0 Å². The van der Waals surface area contributed by atoms with E-state index in [1.807, 2.05) is 48.5 Å². The Hall–Kier alpha value is -2.59. The van der Waals surface area contributed by atoms with Gasteiger partial charge < -0.3 is 14.5 Å². The number of carbonyl (C=O) groups excluding carboxylic acids is 1. The SMILES string of the molecule is O=C(OCc1ccccc1)c1ccc2c3c([nH]c2c1)COCC3. The molecule has 0 amide bonds. The molecule has 0 fully saturated rings. The molecule has 0 saturated heterocycles. The van der Waals surface area contributed by atoms with Gasteiger partial charge in [-0.2, -0.15) is 0 Å². The van der Waals surface area contributed by atoms with Crippen LogP contribution in [-0.2, 0) is 29.1 Å². The number of benzene rings is 2. The van der Waals surface area contributed by atoms with Crippen LogP contribution in [0.1, 0.15) is 27.2 Å². The molecule has 3 aromatic rings. The predicted molar refractivity (Wildman–Crippen MR) is 87.2 cm³/mol. The van der Waals surface area contributed by atoms with E-state index in [2.05, 4.69) is 4.98 Å². The van der Waals surface area contributed by atoms with E-state index >= 15 is 0 Å². The van der Waals surface area contributed by atoms with Gasteiger partial charge in [-0.3, -0.25) is 0 Å². The van der Waals surface area contributed by atoms with Crippen LogP contribution in [0, 0.1) is 0 Å². The van der Waals surface area contributed by atoms with Crippen LogP contribution < -0.4 is 0 Å². The number of hydrogen-bond donors (Lipinski definition) is 1. The Labute approximate surface area is 134 Å². The first-order chi connectivity index (χ1) is 11.3. The van der Waals surface area contributed by atoms with Crippen LogP contribution in [0.5, 0.6) is 0 Å². The van der Waals surface area contributed by atoms with E-state index in [9.17, 15) is 4.79 Å². The molecule has 4 nitrogen and oxygen atoms in total. The molecule has 23 heavy (non-hydrogen) atoms. The molecule has 4 rings (SSSR count). The van der Waals surface area contributed by atoms with Crippen molar-refractivity contribution in [1.29, 1.82) is 0 Å². The average molecular weight is 307 g/mol. The Morgan fingerprint density at radius 3 is 2.91 bits per heavy atom. The quantitative estimate of drug-likeness (QED) is 0.752. The number of nitrogens with one attached hydrogen (secondary N) is 1. The third kappa shape index (κ3) is 2.73. The fourth-order valence-electron chi connectivity index (χ4n) is 3.00. The van der Waals surface area contributed by atoms with Gasteiger partial charge in [0, 0.05) is 16.6 Å². The Morgan fingerprint density at radius 1 is 1.17 bits per heavy atom. The van der Waals surface area contributed by atoms with Gasteiger partial charge in [0.25, 0.3) is 0 Å². The molecular weight excluding hydrogens is 290 g/mol. The van der Waals surface area contributed by atoms with E-state index in [1.165, 1.54) is 10.9 Å². The van der Waals surface area contributed by atoms with Gasteiger partial charge in [-0.15, -0.1) is 0 Å². The first-order valence-electron chi connectivity index (χ1n) is 7.73. The Kier molecular flexibility index (Phi) is 3.60. The zero-order valence-corrected chi connectivity index (χ0v) is 12.7. The summed E-state index contributed by atoms with van der Waals surface area (Å²) in [5.41, 5.74) is 4.92. The van der Waals surface area contributed by atoms with Gasteiger partial charge in [-0.05, 0) is 29.7 Å². The minimum absolute atomic E-state index is 0.285. The van der Waals surface area contributed by atoms with Crippen molar-refractivity contribution in [3.05, 3.63) is 70.9 Å². The smallest absolute Gasteiger partial charge is 0.338 e. The molecule has 116 valence electrons. The second kappa shape index (κ2) is 5.89. The van der Waals surface area contributed by atoms with E-state index in [-0.39, 0.29) is 12.6 Å². The number of esters is 1. The second-order valence-electron chi connectivity index (χ2n) is 5.71. The van der Waals surface area contributed by atoms with E-state index in [4.69, 9.17) is 9.47 Å². The molecule has 1 aromatic heterocycles. The first-order valence-corrected chi connectivity index (χ1v) is 7.73. The van der Waals surface area contributed by atoms with Gasteiger partial charge in [-0.25, -0.2) is 4.79 Å². The number of rotatable bonds is 3. The van der Waals surface area contributed by atoms with Crippen molar-refractivity contribution in [2.45, 2.75) is 19.6 Å². The molecule has 2 heterocycles. The Bertz CT molecular complexity index is 852. The minimum atomic E-state index is -0.306. The summed E-state index contributed by atoms with van der Waals surface area (Å²) in [5, 5.41) is 1.17. The average Bonchev–Trinajstić information content (AvgIpc) is 2.98. The van der Waals surface area contributed by atoms with Crippen LogP contribution in [-0.4, -0.2) is 17.6 Å². The molecule has 0 atom stereocenters. The van der Waals surface area contributed by atoms with E-state index in [0.717, 1.165) is 29.8 Å². The Balaban J connectivity index is 1.55. The highest BCUT2D eigenvalue weighted by atomic mass is 16.5. The summed E-state index contributed by atoms with van der Waals surface area (Å²) in [7, 11) is 0. The van der Waals surface area contributed by atoms with Crippen LogP contribution in [0.3, 0.4) is 0 Å². The standard InChI is InChI=1S/C19H17NO3/c21-19(23-11-13-4-2-1-3-5-13)14-6-7-15-16-8-9-22-12-18(16)20-17(15)10-14/h1-7,10,20H,8-9,11-12H2. The number of aromatic amines is 1. The van der Waals surface area contributed by atoms with Gasteiger partial charge >= 0.3 is 5.97 Å². The number of aromatic nitrogens is 1. The topological polar surface area (TPSA) is 51.3 Å². The van der Waals surface area contributed by atoms with Gasteiger partial charge in [0.05, 0.1) is 18.8 Å². The maximum absolute atomic E-state index is 12.2. The number of H-pyrrole nitrogens is 1. The monoisotopic (exact) mass is 307 g/mol. The largest absolute Gasteiger partial charge is 0.457 e. The summed E-state index contributed by atoms with van der Waals surface area (Å²) in [6.07, 6.45) is 0.910. The highest BCUT2D eigenvalue weighted by Crippen LogP contribution is 2.27. The maximum Gasteiger partial charge on any atom is 0.338 e. The lowest BCUT2D eigenvalue weighted by atomic mass is 10.1. The van der Waals surface area contributed by atoms with Crippen LogP contribution >= 0.6 is 0 Å². The van der Waals surface area contributed by atoms with Gasteiger partial charge in [-0.1, -0.05) is 36.4 Å². The fraction of sp³-hybridized carbons (Fsp3) is 0.211. The third-order valence-electron chi connectivity index (χ3n) is 4.19. The highest BCUT2D eigenvalue weighted by Gasteiger charge is 2.17. The van der Waals surface area contributed by atoms with Crippen molar-refractivity contribution < 1.29 is 14.3 Å². The molecule has 0 unspecified atom stereocenters. The summed E-state index contributed by atoms with van der Waals surface area (Å²) < 4.78 is 10.9. The summed E-state index contributed by atoms with van der Waals surface area (Å²) in [6.45, 7) is 1.64. The van der Waals surface area contributed by atoms with Crippen LogP contribution in [0.2, 0.25) is 0 Å². The fourth-order valence-corrected chi connectivity index (χ4v) is 3.00. The molecule has 0 bridgehead atoms. The molecule has 1 aliphatic heterocycles. The zero-order valence-electron chi connectivity index (χ0n) is 12.7. The van der Waals surface area contributed by atoms with Crippen molar-refractivity contribution in [1.82, 2.24) is 4.98 Å². The lowest BCUT2D eigenvalue weighted by molar-refractivity contribution is 0.0473. The lowest BCUT2D eigenvalue weighted by Crippen LogP contribution is -2.08. The molecule has 1 N–H and O–H groups in total. The third-order valence-corrected chi connectivity index (χ3v) is 4.19. The number of ether oxygens (including phenoxy) is 2. The summed E-state index contributed by atoms with van der Waals surface area (Å²) >= 11 is 0. The van der Waals surface area contributed by atoms with Gasteiger partial charge in [0.15, 0.2) is 0 Å². The predicted octanol–water partition coefficient (Wildman–Crippen LogP) is 3.60. The first kappa shape index (κ1) is 14.0. The maximum atomic E-state index is 12.2. The van der Waals surface area contributed by atoms with Crippen molar-refractivity contribution >= 4 is 16.9 Å².